The Morgan fingerprint density at radius 2 is 2.00 bits per heavy atom. The van der Waals surface area contributed by atoms with Gasteiger partial charge in [-0.1, -0.05) is 12.1 Å². The van der Waals surface area contributed by atoms with Gasteiger partial charge in [0, 0.05) is 30.6 Å². The Kier molecular flexibility index (Phi) is 3.47. The lowest BCUT2D eigenvalue weighted by Crippen LogP contribution is -2.38. The van der Waals surface area contributed by atoms with E-state index in [1.54, 1.807) is 13.2 Å². The van der Waals surface area contributed by atoms with Crippen LogP contribution in [0.25, 0.3) is 0 Å². The van der Waals surface area contributed by atoms with Crippen molar-refractivity contribution in [2.45, 2.75) is 31.6 Å². The van der Waals surface area contributed by atoms with Crippen LogP contribution in [0.3, 0.4) is 0 Å². The maximum absolute atomic E-state index is 12.7. The van der Waals surface area contributed by atoms with Crippen molar-refractivity contribution < 1.29 is 14.3 Å². The molecule has 1 unspecified atom stereocenters. The number of amides is 1. The van der Waals surface area contributed by atoms with Crippen molar-refractivity contribution in [1.29, 1.82) is 0 Å². The molecule has 1 aliphatic carbocycles. The smallest absolute Gasteiger partial charge is 0.230 e. The number of likely N-dealkylation sites (tertiary alicyclic amines) is 1. The van der Waals surface area contributed by atoms with Crippen molar-refractivity contribution in [3.63, 3.8) is 0 Å². The molecular formula is C16H19NO3. The van der Waals surface area contributed by atoms with Gasteiger partial charge in [-0.05, 0) is 25.3 Å². The van der Waals surface area contributed by atoms with Crippen LogP contribution in [0.15, 0.2) is 18.2 Å². The molecule has 0 saturated carbocycles. The molecule has 1 amide bonds. The number of hydrogen-bond acceptors (Lipinski definition) is 3. The van der Waals surface area contributed by atoms with Crippen LogP contribution < -0.4 is 4.74 Å². The molecule has 0 radical (unpaired) electrons. The maximum Gasteiger partial charge on any atom is 0.230 e. The Morgan fingerprint density at radius 1 is 1.25 bits per heavy atom. The van der Waals surface area contributed by atoms with Crippen LogP contribution in [0.2, 0.25) is 0 Å². The predicted octanol–water partition coefficient (Wildman–Crippen LogP) is 2.38. The molecule has 1 atom stereocenters. The molecule has 1 aromatic rings. The summed E-state index contributed by atoms with van der Waals surface area (Å²) in [4.78, 5) is 26.7. The van der Waals surface area contributed by atoms with Crippen molar-refractivity contribution in [2.75, 3.05) is 20.2 Å². The van der Waals surface area contributed by atoms with Crippen molar-refractivity contribution in [2.24, 2.45) is 0 Å². The van der Waals surface area contributed by atoms with Gasteiger partial charge in [0.15, 0.2) is 5.78 Å². The fourth-order valence-corrected chi connectivity index (χ4v) is 3.27. The van der Waals surface area contributed by atoms with Crippen LogP contribution in [0, 0.1) is 0 Å². The van der Waals surface area contributed by atoms with E-state index in [9.17, 15) is 9.59 Å². The molecule has 0 aromatic heterocycles. The summed E-state index contributed by atoms with van der Waals surface area (Å²) in [6, 6.07) is 5.43. The van der Waals surface area contributed by atoms with Crippen LogP contribution in [0.5, 0.6) is 5.75 Å². The molecule has 0 N–H and O–H groups in total. The number of benzene rings is 1. The van der Waals surface area contributed by atoms with E-state index in [1.165, 1.54) is 6.42 Å². The lowest BCUT2D eigenvalue weighted by atomic mass is 9.97. The number of rotatable bonds is 2. The maximum atomic E-state index is 12.7. The average Bonchev–Trinajstić information content (AvgIpc) is 2.85. The molecule has 1 saturated heterocycles. The van der Waals surface area contributed by atoms with E-state index in [0.717, 1.165) is 31.5 Å². The van der Waals surface area contributed by atoms with Crippen molar-refractivity contribution in [3.05, 3.63) is 29.3 Å². The van der Waals surface area contributed by atoms with Crippen molar-refractivity contribution in [1.82, 2.24) is 4.90 Å². The molecule has 0 bridgehead atoms. The highest BCUT2D eigenvalue weighted by Gasteiger charge is 2.38. The molecule has 1 aromatic carbocycles. The molecule has 4 heteroatoms. The van der Waals surface area contributed by atoms with Crippen molar-refractivity contribution in [3.8, 4) is 5.75 Å². The third-order valence-electron chi connectivity index (χ3n) is 4.29. The highest BCUT2D eigenvalue weighted by Crippen LogP contribution is 2.40. The van der Waals surface area contributed by atoms with Gasteiger partial charge >= 0.3 is 0 Å². The Balaban J connectivity index is 1.93. The number of carbonyl (C=O) groups is 2. The number of hydrogen-bond donors (Lipinski definition) is 0. The first-order chi connectivity index (χ1) is 9.72. The van der Waals surface area contributed by atoms with E-state index < -0.39 is 0 Å². The van der Waals surface area contributed by atoms with Crippen LogP contribution in [-0.4, -0.2) is 36.8 Å². The fourth-order valence-electron chi connectivity index (χ4n) is 3.27. The minimum atomic E-state index is -0.355. The summed E-state index contributed by atoms with van der Waals surface area (Å²) >= 11 is 0. The summed E-state index contributed by atoms with van der Waals surface area (Å²) in [6.07, 6.45) is 3.59. The molecule has 1 aliphatic heterocycles. The second kappa shape index (κ2) is 5.27. The van der Waals surface area contributed by atoms with Crippen LogP contribution in [-0.2, 0) is 4.79 Å². The average molecular weight is 273 g/mol. The standard InChI is InChI=1S/C16H19NO3/c1-20-14-7-5-6-11-13(18)10-12(15(11)14)16(19)17-8-3-2-4-9-17/h5-7,12H,2-4,8-10H2,1H3. The second-order valence-corrected chi connectivity index (χ2v) is 5.49. The number of methoxy groups -OCH3 is 1. The van der Waals surface area contributed by atoms with Gasteiger partial charge in [-0.2, -0.15) is 0 Å². The number of ketones is 1. The van der Waals surface area contributed by atoms with Crippen molar-refractivity contribution >= 4 is 11.7 Å². The molecule has 3 rings (SSSR count). The lowest BCUT2D eigenvalue weighted by Gasteiger charge is -2.29. The Hall–Kier alpha value is -1.84. The van der Waals surface area contributed by atoms with Gasteiger partial charge in [-0.25, -0.2) is 0 Å². The Morgan fingerprint density at radius 3 is 2.70 bits per heavy atom. The highest BCUT2D eigenvalue weighted by molar-refractivity contribution is 6.07. The first-order valence-corrected chi connectivity index (χ1v) is 7.21. The largest absolute Gasteiger partial charge is 0.496 e. The van der Waals surface area contributed by atoms with Crippen LogP contribution in [0.4, 0.5) is 0 Å². The van der Waals surface area contributed by atoms with Gasteiger partial charge < -0.3 is 9.64 Å². The van der Waals surface area contributed by atoms with E-state index in [2.05, 4.69) is 0 Å². The van der Waals surface area contributed by atoms with Gasteiger partial charge in [-0.3, -0.25) is 9.59 Å². The molecule has 2 aliphatic rings. The number of carbonyl (C=O) groups excluding carboxylic acids is 2. The highest BCUT2D eigenvalue weighted by atomic mass is 16.5. The summed E-state index contributed by atoms with van der Waals surface area (Å²) in [5, 5.41) is 0. The van der Waals surface area contributed by atoms with Gasteiger partial charge in [0.2, 0.25) is 5.91 Å². The minimum absolute atomic E-state index is 0.0502. The Bertz CT molecular complexity index is 547. The van der Waals surface area contributed by atoms with Gasteiger partial charge in [0.05, 0.1) is 13.0 Å². The first-order valence-electron chi connectivity index (χ1n) is 7.21. The topological polar surface area (TPSA) is 46.6 Å². The number of Topliss-reactive ketones (excluding diaryl/α,β-unsaturated/α-hetero) is 1. The van der Waals surface area contributed by atoms with E-state index in [-0.39, 0.29) is 24.0 Å². The van der Waals surface area contributed by atoms with Gasteiger partial charge in [-0.15, -0.1) is 0 Å². The SMILES string of the molecule is COc1cccc2c1C(C(=O)N1CCCCC1)CC2=O. The van der Waals surface area contributed by atoms with E-state index in [1.807, 2.05) is 17.0 Å². The third kappa shape index (κ3) is 2.09. The lowest BCUT2D eigenvalue weighted by molar-refractivity contribution is -0.133. The number of piperidine rings is 1. The molecule has 4 nitrogen and oxygen atoms in total. The number of nitrogens with zero attached hydrogens (tertiary/aromatic N) is 1. The molecule has 106 valence electrons. The predicted molar refractivity (Wildman–Crippen MR) is 75.1 cm³/mol. The van der Waals surface area contributed by atoms with Gasteiger partial charge in [0.25, 0.3) is 0 Å². The zero-order valence-corrected chi connectivity index (χ0v) is 11.7. The van der Waals surface area contributed by atoms with E-state index in [4.69, 9.17) is 4.74 Å². The number of ether oxygens (including phenoxy) is 1. The monoisotopic (exact) mass is 273 g/mol. The van der Waals surface area contributed by atoms with E-state index >= 15 is 0 Å². The summed E-state index contributed by atoms with van der Waals surface area (Å²) < 4.78 is 5.35. The minimum Gasteiger partial charge on any atom is -0.496 e. The normalized spacial score (nSPS) is 21.8. The molecule has 1 fully saturated rings. The molecule has 1 heterocycles. The summed E-state index contributed by atoms with van der Waals surface area (Å²) in [7, 11) is 1.58. The summed E-state index contributed by atoms with van der Waals surface area (Å²) in [5.41, 5.74) is 1.44. The zero-order valence-electron chi connectivity index (χ0n) is 11.7. The Labute approximate surface area is 118 Å². The first kappa shape index (κ1) is 13.2. The fraction of sp³-hybridized carbons (Fsp3) is 0.500. The quantitative estimate of drug-likeness (QED) is 0.831. The van der Waals surface area contributed by atoms with Crippen LogP contribution in [0.1, 0.15) is 47.5 Å². The van der Waals surface area contributed by atoms with E-state index in [0.29, 0.717) is 11.3 Å². The zero-order chi connectivity index (χ0) is 14.1. The third-order valence-corrected chi connectivity index (χ3v) is 4.29. The summed E-state index contributed by atoms with van der Waals surface area (Å²) in [6.45, 7) is 1.63. The summed E-state index contributed by atoms with van der Waals surface area (Å²) in [5.74, 6) is 0.436. The second-order valence-electron chi connectivity index (χ2n) is 5.49. The molecule has 0 spiro atoms. The van der Waals surface area contributed by atoms with Gasteiger partial charge in [0.1, 0.15) is 5.75 Å². The number of fused-ring (bicyclic) bond motifs is 1. The molecule has 20 heavy (non-hydrogen) atoms. The van der Waals surface area contributed by atoms with Crippen LogP contribution >= 0.6 is 0 Å². The molecular weight excluding hydrogens is 254 g/mol.